The van der Waals surface area contributed by atoms with Gasteiger partial charge < -0.3 is 0 Å². The Morgan fingerprint density at radius 1 is 1.12 bits per heavy atom. The maximum Gasteiger partial charge on any atom is 0.0991 e. The molecule has 0 amide bonds. The molecule has 0 saturated heterocycles. The molecular formula is C14H12N2. The van der Waals surface area contributed by atoms with Crippen molar-refractivity contribution in [2.45, 2.75) is 13.3 Å². The van der Waals surface area contributed by atoms with Crippen LogP contribution >= 0.6 is 0 Å². The Bertz CT molecular complexity index is 504. The Morgan fingerprint density at radius 2 is 1.88 bits per heavy atom. The van der Waals surface area contributed by atoms with Gasteiger partial charge in [0, 0.05) is 18.3 Å². The lowest BCUT2D eigenvalue weighted by Crippen LogP contribution is -1.92. The predicted octanol–water partition coefficient (Wildman–Crippen LogP) is 2.85. The molecule has 0 saturated carbocycles. The van der Waals surface area contributed by atoms with Gasteiger partial charge in [0.2, 0.25) is 0 Å². The van der Waals surface area contributed by atoms with Crippen LogP contribution in [0.25, 0.3) is 0 Å². The Labute approximate surface area is 95.2 Å². The van der Waals surface area contributed by atoms with E-state index in [0.717, 1.165) is 12.1 Å². The molecule has 1 heterocycles. The highest BCUT2D eigenvalue weighted by atomic mass is 14.7. The van der Waals surface area contributed by atoms with Gasteiger partial charge in [-0.2, -0.15) is 5.26 Å². The number of benzene rings is 1. The van der Waals surface area contributed by atoms with Crippen LogP contribution in [0.15, 0.2) is 42.6 Å². The molecule has 1 aromatic carbocycles. The molecule has 0 spiro atoms. The predicted molar refractivity (Wildman–Crippen MR) is 62.9 cm³/mol. The number of pyridine rings is 1. The van der Waals surface area contributed by atoms with Gasteiger partial charge in [-0.15, -0.1) is 0 Å². The third-order valence-corrected chi connectivity index (χ3v) is 2.44. The Balaban J connectivity index is 2.15. The summed E-state index contributed by atoms with van der Waals surface area (Å²) in [4.78, 5) is 4.35. The van der Waals surface area contributed by atoms with Crippen molar-refractivity contribution in [2.75, 3.05) is 0 Å². The van der Waals surface area contributed by atoms with E-state index in [4.69, 9.17) is 5.26 Å². The number of hydrogen-bond acceptors (Lipinski definition) is 2. The summed E-state index contributed by atoms with van der Waals surface area (Å²) in [5.41, 5.74) is 4.09. The van der Waals surface area contributed by atoms with Crippen LogP contribution < -0.4 is 0 Å². The van der Waals surface area contributed by atoms with Crippen molar-refractivity contribution in [1.29, 1.82) is 5.26 Å². The molecule has 0 radical (unpaired) electrons. The van der Waals surface area contributed by atoms with Crippen LogP contribution in [-0.4, -0.2) is 4.98 Å². The molecule has 0 aliphatic heterocycles. The fraction of sp³-hybridized carbons (Fsp3) is 0.143. The van der Waals surface area contributed by atoms with Crippen molar-refractivity contribution >= 4 is 0 Å². The van der Waals surface area contributed by atoms with E-state index in [1.165, 1.54) is 11.1 Å². The third kappa shape index (κ3) is 2.46. The minimum atomic E-state index is 0.695. The summed E-state index contributed by atoms with van der Waals surface area (Å²) < 4.78 is 0. The first kappa shape index (κ1) is 10.4. The summed E-state index contributed by atoms with van der Waals surface area (Å²) in [5.74, 6) is 0. The molecule has 2 nitrogen and oxygen atoms in total. The van der Waals surface area contributed by atoms with E-state index >= 15 is 0 Å². The van der Waals surface area contributed by atoms with Crippen molar-refractivity contribution in [3.05, 3.63) is 65.0 Å². The van der Waals surface area contributed by atoms with Gasteiger partial charge in [-0.25, -0.2) is 0 Å². The van der Waals surface area contributed by atoms with Crippen LogP contribution in [-0.2, 0) is 6.42 Å². The van der Waals surface area contributed by atoms with Crippen LogP contribution in [0, 0.1) is 18.3 Å². The number of aryl methyl sites for hydroxylation is 1. The molecule has 0 bridgehead atoms. The standard InChI is InChI=1S/C14H12N2/c1-11-2-7-14(16-10-11)8-12-3-5-13(9-15)6-4-12/h2-7,10H,8H2,1H3. The number of aromatic nitrogens is 1. The van der Waals surface area contributed by atoms with Crippen LogP contribution in [0.4, 0.5) is 0 Å². The Kier molecular flexibility index (Phi) is 2.98. The summed E-state index contributed by atoms with van der Waals surface area (Å²) >= 11 is 0. The van der Waals surface area contributed by atoms with Crippen molar-refractivity contribution in [1.82, 2.24) is 4.98 Å². The molecular weight excluding hydrogens is 196 g/mol. The van der Waals surface area contributed by atoms with Gasteiger partial charge in [0.15, 0.2) is 0 Å². The van der Waals surface area contributed by atoms with Crippen molar-refractivity contribution in [3.8, 4) is 6.07 Å². The lowest BCUT2D eigenvalue weighted by molar-refractivity contribution is 1.06. The second kappa shape index (κ2) is 4.59. The summed E-state index contributed by atoms with van der Waals surface area (Å²) in [6.45, 7) is 2.03. The van der Waals surface area contributed by atoms with Crippen molar-refractivity contribution in [2.24, 2.45) is 0 Å². The zero-order valence-electron chi connectivity index (χ0n) is 9.14. The molecule has 1 aromatic heterocycles. The number of hydrogen-bond donors (Lipinski definition) is 0. The Hall–Kier alpha value is -2.14. The Morgan fingerprint density at radius 3 is 2.44 bits per heavy atom. The zero-order chi connectivity index (χ0) is 11.4. The third-order valence-electron chi connectivity index (χ3n) is 2.44. The summed E-state index contributed by atoms with van der Waals surface area (Å²) in [5, 5.41) is 8.69. The zero-order valence-corrected chi connectivity index (χ0v) is 9.14. The van der Waals surface area contributed by atoms with Gasteiger partial charge in [0.1, 0.15) is 0 Å². The second-order valence-electron chi connectivity index (χ2n) is 3.81. The monoisotopic (exact) mass is 208 g/mol. The maximum absolute atomic E-state index is 8.69. The first-order valence-corrected chi connectivity index (χ1v) is 5.18. The lowest BCUT2D eigenvalue weighted by Gasteiger charge is -2.01. The molecule has 0 aliphatic carbocycles. The average molecular weight is 208 g/mol. The minimum absolute atomic E-state index is 0.695. The van der Waals surface area contributed by atoms with Crippen LogP contribution in [0.5, 0.6) is 0 Å². The maximum atomic E-state index is 8.69. The highest BCUT2D eigenvalue weighted by molar-refractivity contribution is 5.33. The van der Waals surface area contributed by atoms with E-state index in [9.17, 15) is 0 Å². The van der Waals surface area contributed by atoms with Crippen LogP contribution in [0.1, 0.15) is 22.4 Å². The molecule has 2 aromatic rings. The SMILES string of the molecule is Cc1ccc(Cc2ccc(C#N)cc2)nc1. The van der Waals surface area contributed by atoms with E-state index in [-0.39, 0.29) is 0 Å². The highest BCUT2D eigenvalue weighted by Crippen LogP contribution is 2.09. The normalized spacial score (nSPS) is 9.75. The molecule has 16 heavy (non-hydrogen) atoms. The molecule has 0 aliphatic rings. The molecule has 0 unspecified atom stereocenters. The smallest absolute Gasteiger partial charge is 0.0991 e. The van der Waals surface area contributed by atoms with Gasteiger partial charge in [-0.3, -0.25) is 4.98 Å². The second-order valence-corrected chi connectivity index (χ2v) is 3.81. The molecule has 0 N–H and O–H groups in total. The summed E-state index contributed by atoms with van der Waals surface area (Å²) in [7, 11) is 0. The number of nitriles is 1. The molecule has 2 rings (SSSR count). The van der Waals surface area contributed by atoms with E-state index in [1.54, 1.807) is 0 Å². The van der Waals surface area contributed by atoms with Gasteiger partial charge >= 0.3 is 0 Å². The molecule has 0 atom stereocenters. The van der Waals surface area contributed by atoms with E-state index in [0.29, 0.717) is 5.56 Å². The highest BCUT2D eigenvalue weighted by Gasteiger charge is 1.97. The quantitative estimate of drug-likeness (QED) is 0.760. The first-order valence-electron chi connectivity index (χ1n) is 5.18. The molecule has 0 fully saturated rings. The fourth-order valence-corrected chi connectivity index (χ4v) is 1.51. The van der Waals surface area contributed by atoms with Gasteiger partial charge in [-0.05, 0) is 36.2 Å². The summed E-state index contributed by atoms with van der Waals surface area (Å²) in [6.07, 6.45) is 2.69. The average Bonchev–Trinajstić information content (AvgIpc) is 2.33. The summed E-state index contributed by atoms with van der Waals surface area (Å²) in [6, 6.07) is 13.8. The number of rotatable bonds is 2. The molecule has 78 valence electrons. The van der Waals surface area contributed by atoms with Crippen molar-refractivity contribution < 1.29 is 0 Å². The number of nitrogens with zero attached hydrogens (tertiary/aromatic N) is 2. The largest absolute Gasteiger partial charge is 0.261 e. The van der Waals surface area contributed by atoms with E-state index in [1.807, 2.05) is 43.5 Å². The first-order chi connectivity index (χ1) is 7.78. The van der Waals surface area contributed by atoms with Crippen LogP contribution in [0.2, 0.25) is 0 Å². The van der Waals surface area contributed by atoms with Crippen molar-refractivity contribution in [3.63, 3.8) is 0 Å². The molecule has 2 heteroatoms. The minimum Gasteiger partial charge on any atom is -0.261 e. The van der Waals surface area contributed by atoms with Gasteiger partial charge in [0.25, 0.3) is 0 Å². The fourth-order valence-electron chi connectivity index (χ4n) is 1.51. The van der Waals surface area contributed by atoms with Gasteiger partial charge in [-0.1, -0.05) is 18.2 Å². The topological polar surface area (TPSA) is 36.7 Å². The lowest BCUT2D eigenvalue weighted by atomic mass is 10.1. The van der Waals surface area contributed by atoms with E-state index < -0.39 is 0 Å². The van der Waals surface area contributed by atoms with Gasteiger partial charge in [0.05, 0.1) is 11.6 Å². The van der Waals surface area contributed by atoms with Crippen LogP contribution in [0.3, 0.4) is 0 Å². The van der Waals surface area contributed by atoms with E-state index in [2.05, 4.69) is 17.1 Å².